The van der Waals surface area contributed by atoms with Crippen molar-refractivity contribution in [2.45, 2.75) is 6.04 Å². The lowest BCUT2D eigenvalue weighted by atomic mass is 9.95. The average molecular weight is 382 g/mol. The minimum Gasteiger partial charge on any atom is -0.507 e. The number of benzene rings is 2. The molecule has 2 heterocycles. The topological polar surface area (TPSA) is 51.2 Å². The second-order valence-electron chi connectivity index (χ2n) is 5.98. The maximum atomic E-state index is 10.6. The minimum absolute atomic E-state index is 0.145. The van der Waals surface area contributed by atoms with Gasteiger partial charge in [-0.1, -0.05) is 29.3 Å². The number of morpholine rings is 1. The molecule has 0 aliphatic carbocycles. The summed E-state index contributed by atoms with van der Waals surface area (Å²) >= 11 is 12.5. The molecular formula is C18H17Cl2NO4. The summed E-state index contributed by atoms with van der Waals surface area (Å²) in [4.78, 5) is 2.23. The third kappa shape index (κ3) is 3.25. The molecule has 132 valence electrons. The molecule has 0 radical (unpaired) electrons. The van der Waals surface area contributed by atoms with Crippen LogP contribution >= 0.6 is 23.2 Å². The number of phenols is 1. The lowest BCUT2D eigenvalue weighted by molar-refractivity contribution is 0.0235. The Morgan fingerprint density at radius 2 is 1.68 bits per heavy atom. The number of ether oxygens (including phenoxy) is 3. The van der Waals surface area contributed by atoms with Crippen LogP contribution in [0.25, 0.3) is 0 Å². The Morgan fingerprint density at radius 3 is 2.40 bits per heavy atom. The van der Waals surface area contributed by atoms with Crippen LogP contribution in [0.2, 0.25) is 10.0 Å². The highest BCUT2D eigenvalue weighted by Crippen LogP contribution is 2.44. The first kappa shape index (κ1) is 16.8. The van der Waals surface area contributed by atoms with Gasteiger partial charge in [0.05, 0.1) is 19.3 Å². The predicted molar refractivity (Wildman–Crippen MR) is 94.9 cm³/mol. The molecule has 1 N–H and O–H groups in total. The molecule has 4 rings (SSSR count). The zero-order chi connectivity index (χ0) is 17.4. The van der Waals surface area contributed by atoms with Crippen molar-refractivity contribution < 1.29 is 19.3 Å². The van der Waals surface area contributed by atoms with Crippen LogP contribution in [0, 0.1) is 0 Å². The number of aromatic hydroxyl groups is 1. The standard InChI is InChI=1S/C18H17Cl2NO4/c19-11-1-2-12(14(20)7-11)18(21-3-5-23-6-4-21)13-8-16-17(9-15(13)22)25-10-24-16/h1-2,7-9,18,22H,3-6,10H2/t18-/m0/s1. The Kier molecular flexibility index (Phi) is 4.65. The Balaban J connectivity index is 1.83. The van der Waals surface area contributed by atoms with Gasteiger partial charge in [-0.15, -0.1) is 0 Å². The van der Waals surface area contributed by atoms with Crippen molar-refractivity contribution in [2.24, 2.45) is 0 Å². The molecule has 1 saturated heterocycles. The highest BCUT2D eigenvalue weighted by molar-refractivity contribution is 6.35. The van der Waals surface area contributed by atoms with Crippen molar-refractivity contribution in [2.75, 3.05) is 33.1 Å². The number of rotatable bonds is 3. The minimum atomic E-state index is -0.233. The molecule has 0 aromatic heterocycles. The molecule has 7 heteroatoms. The van der Waals surface area contributed by atoms with Crippen molar-refractivity contribution in [3.8, 4) is 17.2 Å². The molecule has 0 unspecified atom stereocenters. The summed E-state index contributed by atoms with van der Waals surface area (Å²) in [6.45, 7) is 2.89. The van der Waals surface area contributed by atoms with Gasteiger partial charge >= 0.3 is 0 Å². The van der Waals surface area contributed by atoms with Gasteiger partial charge in [-0.3, -0.25) is 4.90 Å². The monoisotopic (exact) mass is 381 g/mol. The van der Waals surface area contributed by atoms with E-state index in [0.29, 0.717) is 34.8 Å². The fraction of sp³-hybridized carbons (Fsp3) is 0.333. The van der Waals surface area contributed by atoms with E-state index in [1.54, 1.807) is 18.2 Å². The summed E-state index contributed by atoms with van der Waals surface area (Å²) in [5, 5.41) is 11.7. The summed E-state index contributed by atoms with van der Waals surface area (Å²) in [6.07, 6.45) is 0. The molecule has 1 atom stereocenters. The van der Waals surface area contributed by atoms with Crippen LogP contribution in [0.5, 0.6) is 17.2 Å². The van der Waals surface area contributed by atoms with Crippen molar-refractivity contribution >= 4 is 23.2 Å². The number of nitrogens with zero attached hydrogens (tertiary/aromatic N) is 1. The van der Waals surface area contributed by atoms with Gasteiger partial charge in [-0.05, 0) is 23.8 Å². The molecule has 2 aliphatic heterocycles. The Bertz CT molecular complexity index is 793. The Morgan fingerprint density at radius 1 is 0.960 bits per heavy atom. The van der Waals surface area contributed by atoms with Crippen molar-refractivity contribution in [3.63, 3.8) is 0 Å². The molecule has 25 heavy (non-hydrogen) atoms. The smallest absolute Gasteiger partial charge is 0.231 e. The number of phenolic OH excluding ortho intramolecular Hbond substituents is 1. The molecular weight excluding hydrogens is 365 g/mol. The van der Waals surface area contributed by atoms with Gasteiger partial charge in [0.2, 0.25) is 6.79 Å². The van der Waals surface area contributed by atoms with Gasteiger partial charge in [-0.25, -0.2) is 0 Å². The molecule has 5 nitrogen and oxygen atoms in total. The van der Waals surface area contributed by atoms with Crippen molar-refractivity contribution in [1.29, 1.82) is 0 Å². The molecule has 2 aromatic rings. The van der Waals surface area contributed by atoms with Crippen molar-refractivity contribution in [3.05, 3.63) is 51.5 Å². The van der Waals surface area contributed by atoms with E-state index in [-0.39, 0.29) is 18.6 Å². The number of halogens is 2. The summed E-state index contributed by atoms with van der Waals surface area (Å²) in [7, 11) is 0. The summed E-state index contributed by atoms with van der Waals surface area (Å²) in [6, 6.07) is 8.60. The second kappa shape index (κ2) is 6.92. The van der Waals surface area contributed by atoms with E-state index in [0.717, 1.165) is 24.2 Å². The van der Waals surface area contributed by atoms with E-state index >= 15 is 0 Å². The number of fused-ring (bicyclic) bond motifs is 1. The van der Waals surface area contributed by atoms with E-state index < -0.39 is 0 Å². The van der Waals surface area contributed by atoms with E-state index in [1.165, 1.54) is 0 Å². The Hall–Kier alpha value is -1.66. The summed E-state index contributed by atoms with van der Waals surface area (Å²) in [5.41, 5.74) is 1.59. The molecule has 1 fully saturated rings. The van der Waals surface area contributed by atoms with Crippen LogP contribution < -0.4 is 9.47 Å². The van der Waals surface area contributed by atoms with E-state index in [9.17, 15) is 5.11 Å². The van der Waals surface area contributed by atoms with Crippen LogP contribution in [0.1, 0.15) is 17.2 Å². The van der Waals surface area contributed by atoms with Gasteiger partial charge in [0.25, 0.3) is 0 Å². The maximum Gasteiger partial charge on any atom is 0.231 e. The fourth-order valence-electron chi connectivity index (χ4n) is 3.29. The predicted octanol–water partition coefficient (Wildman–Crippen LogP) is 3.85. The van der Waals surface area contributed by atoms with Gasteiger partial charge < -0.3 is 19.3 Å². The van der Waals surface area contributed by atoms with Gasteiger partial charge in [0, 0.05) is 34.8 Å². The molecule has 0 spiro atoms. The first-order chi connectivity index (χ1) is 12.1. The van der Waals surface area contributed by atoms with E-state index in [4.69, 9.17) is 37.4 Å². The maximum absolute atomic E-state index is 10.6. The molecule has 0 saturated carbocycles. The highest BCUT2D eigenvalue weighted by atomic mass is 35.5. The third-order valence-electron chi connectivity index (χ3n) is 4.48. The number of hydrogen-bond acceptors (Lipinski definition) is 5. The molecule has 0 amide bonds. The SMILES string of the molecule is Oc1cc2c(cc1[C@H](c1ccc(Cl)cc1Cl)N1CCOCC1)OCO2. The third-order valence-corrected chi connectivity index (χ3v) is 5.05. The van der Waals surface area contributed by atoms with Crippen LogP contribution in [0.15, 0.2) is 30.3 Å². The number of hydrogen-bond donors (Lipinski definition) is 1. The first-order valence-electron chi connectivity index (χ1n) is 8.03. The lowest BCUT2D eigenvalue weighted by Crippen LogP contribution is -2.39. The van der Waals surface area contributed by atoms with Crippen molar-refractivity contribution in [1.82, 2.24) is 4.90 Å². The molecule has 0 bridgehead atoms. The van der Waals surface area contributed by atoms with Gasteiger partial charge in [0.15, 0.2) is 11.5 Å². The van der Waals surface area contributed by atoms with Crippen LogP contribution in [-0.4, -0.2) is 43.1 Å². The van der Waals surface area contributed by atoms with Gasteiger partial charge in [0.1, 0.15) is 5.75 Å². The summed E-state index contributed by atoms with van der Waals surface area (Å²) in [5.74, 6) is 1.31. The first-order valence-corrected chi connectivity index (χ1v) is 8.78. The van der Waals surface area contributed by atoms with Gasteiger partial charge in [-0.2, -0.15) is 0 Å². The normalized spacial score (nSPS) is 18.3. The average Bonchev–Trinajstić information content (AvgIpc) is 3.05. The fourth-order valence-corrected chi connectivity index (χ4v) is 3.80. The van der Waals surface area contributed by atoms with Crippen LogP contribution in [-0.2, 0) is 4.74 Å². The molecule has 2 aromatic carbocycles. The van der Waals surface area contributed by atoms with Crippen LogP contribution in [0.4, 0.5) is 0 Å². The van der Waals surface area contributed by atoms with Crippen LogP contribution in [0.3, 0.4) is 0 Å². The largest absolute Gasteiger partial charge is 0.507 e. The second-order valence-corrected chi connectivity index (χ2v) is 6.82. The molecule has 2 aliphatic rings. The summed E-state index contributed by atoms with van der Waals surface area (Å²) < 4.78 is 16.3. The quantitative estimate of drug-likeness (QED) is 0.874. The van der Waals surface area contributed by atoms with E-state index in [2.05, 4.69) is 4.90 Å². The Labute approximate surface area is 155 Å². The zero-order valence-electron chi connectivity index (χ0n) is 13.4. The van der Waals surface area contributed by atoms with E-state index in [1.807, 2.05) is 12.1 Å². The lowest BCUT2D eigenvalue weighted by Gasteiger charge is -2.35. The zero-order valence-corrected chi connectivity index (χ0v) is 14.9. The highest BCUT2D eigenvalue weighted by Gasteiger charge is 2.30.